The number of phenolic OH excluding ortho intramolecular Hbond substituents is 1. The molecule has 0 spiro atoms. The fourth-order valence-corrected chi connectivity index (χ4v) is 4.81. The standard InChI is InChI=1S/C29H31NO3/c1-3-21-18-30(19-21)15-16-32-25-12-9-23(10-13-25)29-28(22-7-5-4-6-8-22)20(2)26-17-24(31)11-14-27(26)33-29/h4-14,17,21,29,31H,3,15-16,18-19H2,1-2H3. The summed E-state index contributed by atoms with van der Waals surface area (Å²) in [5.74, 6) is 2.78. The van der Waals surface area contributed by atoms with E-state index in [1.54, 1.807) is 12.1 Å². The number of benzene rings is 3. The molecule has 2 aliphatic rings. The van der Waals surface area contributed by atoms with Crippen LogP contribution in [0.4, 0.5) is 0 Å². The molecule has 3 aromatic carbocycles. The zero-order chi connectivity index (χ0) is 22.8. The smallest absolute Gasteiger partial charge is 0.150 e. The summed E-state index contributed by atoms with van der Waals surface area (Å²) >= 11 is 0. The first-order chi connectivity index (χ1) is 16.1. The fourth-order valence-electron chi connectivity index (χ4n) is 4.81. The van der Waals surface area contributed by atoms with E-state index in [4.69, 9.17) is 9.47 Å². The summed E-state index contributed by atoms with van der Waals surface area (Å²) in [5, 5.41) is 10.0. The predicted octanol–water partition coefficient (Wildman–Crippen LogP) is 6.18. The Morgan fingerprint density at radius 2 is 1.76 bits per heavy atom. The van der Waals surface area contributed by atoms with E-state index < -0.39 is 0 Å². The minimum Gasteiger partial charge on any atom is -0.508 e. The SMILES string of the molecule is CCC1CN(CCOc2ccc(C3Oc4ccc(O)cc4C(C)=C3c3ccccc3)cc2)C1. The predicted molar refractivity (Wildman–Crippen MR) is 133 cm³/mol. The molecule has 0 amide bonds. The number of nitrogens with zero attached hydrogens (tertiary/aromatic N) is 1. The molecule has 2 heterocycles. The maximum atomic E-state index is 10.0. The lowest BCUT2D eigenvalue weighted by Crippen LogP contribution is -2.47. The van der Waals surface area contributed by atoms with E-state index in [2.05, 4.69) is 43.0 Å². The summed E-state index contributed by atoms with van der Waals surface area (Å²) < 4.78 is 12.5. The first-order valence-corrected chi connectivity index (χ1v) is 11.8. The van der Waals surface area contributed by atoms with E-state index >= 15 is 0 Å². The average molecular weight is 442 g/mol. The molecular weight excluding hydrogens is 410 g/mol. The Balaban J connectivity index is 1.36. The number of aromatic hydroxyl groups is 1. The zero-order valence-electron chi connectivity index (χ0n) is 19.3. The number of fused-ring (bicyclic) bond motifs is 1. The molecule has 3 aromatic rings. The first-order valence-electron chi connectivity index (χ1n) is 11.8. The van der Waals surface area contributed by atoms with Gasteiger partial charge in [0.05, 0.1) is 0 Å². The Kier molecular flexibility index (Phi) is 6.10. The Bertz CT molecular complexity index is 1130. The van der Waals surface area contributed by atoms with Crippen molar-refractivity contribution in [3.05, 3.63) is 89.5 Å². The number of hydrogen-bond donors (Lipinski definition) is 1. The van der Waals surface area contributed by atoms with Crippen molar-refractivity contribution in [3.63, 3.8) is 0 Å². The van der Waals surface area contributed by atoms with Gasteiger partial charge in [-0.1, -0.05) is 55.8 Å². The maximum absolute atomic E-state index is 10.0. The van der Waals surface area contributed by atoms with Gasteiger partial charge in [-0.15, -0.1) is 0 Å². The van der Waals surface area contributed by atoms with Crippen molar-refractivity contribution in [2.75, 3.05) is 26.2 Å². The van der Waals surface area contributed by atoms with Gasteiger partial charge in [-0.05, 0) is 59.9 Å². The molecule has 0 saturated carbocycles. The third-order valence-corrected chi connectivity index (χ3v) is 6.83. The van der Waals surface area contributed by atoms with Crippen molar-refractivity contribution < 1.29 is 14.6 Å². The lowest BCUT2D eigenvalue weighted by atomic mass is 9.86. The van der Waals surface area contributed by atoms with Crippen LogP contribution in [0, 0.1) is 5.92 Å². The van der Waals surface area contributed by atoms with Crippen molar-refractivity contribution in [2.24, 2.45) is 5.92 Å². The molecule has 170 valence electrons. The van der Waals surface area contributed by atoms with Crippen LogP contribution in [0.5, 0.6) is 17.2 Å². The van der Waals surface area contributed by atoms with E-state index in [0.29, 0.717) is 6.61 Å². The summed E-state index contributed by atoms with van der Waals surface area (Å²) in [6, 6.07) is 23.9. The van der Waals surface area contributed by atoms with Gasteiger partial charge < -0.3 is 14.6 Å². The summed E-state index contributed by atoms with van der Waals surface area (Å²) in [7, 11) is 0. The molecule has 5 rings (SSSR count). The van der Waals surface area contributed by atoms with Crippen LogP contribution in [0.1, 0.15) is 43.1 Å². The van der Waals surface area contributed by atoms with Crippen LogP contribution in [0.2, 0.25) is 0 Å². The van der Waals surface area contributed by atoms with Crippen molar-refractivity contribution >= 4 is 11.1 Å². The van der Waals surface area contributed by atoms with Gasteiger partial charge in [0.2, 0.25) is 0 Å². The average Bonchev–Trinajstić information content (AvgIpc) is 2.82. The van der Waals surface area contributed by atoms with E-state index in [1.807, 2.05) is 36.4 Å². The van der Waals surface area contributed by atoms with Gasteiger partial charge in [0.1, 0.15) is 30.0 Å². The molecule has 0 aliphatic carbocycles. The molecule has 33 heavy (non-hydrogen) atoms. The van der Waals surface area contributed by atoms with Gasteiger partial charge in [-0.25, -0.2) is 0 Å². The molecule has 0 bridgehead atoms. The second-order valence-corrected chi connectivity index (χ2v) is 9.03. The van der Waals surface area contributed by atoms with Crippen LogP contribution in [0.15, 0.2) is 72.8 Å². The third-order valence-electron chi connectivity index (χ3n) is 6.83. The van der Waals surface area contributed by atoms with E-state index in [0.717, 1.165) is 51.8 Å². The highest BCUT2D eigenvalue weighted by Gasteiger charge is 2.29. The number of phenols is 1. The van der Waals surface area contributed by atoms with Gasteiger partial charge in [-0.3, -0.25) is 4.90 Å². The van der Waals surface area contributed by atoms with Crippen LogP contribution >= 0.6 is 0 Å². The van der Waals surface area contributed by atoms with Crippen molar-refractivity contribution in [1.82, 2.24) is 4.90 Å². The van der Waals surface area contributed by atoms with Crippen LogP contribution < -0.4 is 9.47 Å². The Hall–Kier alpha value is -3.24. The van der Waals surface area contributed by atoms with Gasteiger partial charge >= 0.3 is 0 Å². The Morgan fingerprint density at radius 1 is 1.00 bits per heavy atom. The number of likely N-dealkylation sites (tertiary alicyclic amines) is 1. The van der Waals surface area contributed by atoms with Crippen molar-refractivity contribution in [2.45, 2.75) is 26.4 Å². The van der Waals surface area contributed by atoms with Crippen molar-refractivity contribution in [3.8, 4) is 17.2 Å². The van der Waals surface area contributed by atoms with Crippen LogP contribution in [-0.2, 0) is 0 Å². The molecule has 1 N–H and O–H groups in total. The summed E-state index contributed by atoms with van der Waals surface area (Å²) in [6.45, 7) is 8.45. The Morgan fingerprint density at radius 3 is 2.48 bits per heavy atom. The monoisotopic (exact) mass is 441 g/mol. The first kappa shape index (κ1) is 21.6. The quantitative estimate of drug-likeness (QED) is 0.476. The zero-order valence-corrected chi connectivity index (χ0v) is 19.3. The van der Waals surface area contributed by atoms with Gasteiger partial charge in [0.15, 0.2) is 0 Å². The molecule has 1 unspecified atom stereocenters. The highest BCUT2D eigenvalue weighted by molar-refractivity contribution is 5.95. The molecule has 1 atom stereocenters. The molecule has 4 nitrogen and oxygen atoms in total. The minimum absolute atomic E-state index is 0.231. The third kappa shape index (κ3) is 4.49. The molecular formula is C29H31NO3. The molecule has 0 aromatic heterocycles. The normalized spacial score (nSPS) is 18.4. The van der Waals surface area contributed by atoms with Crippen LogP contribution in [0.25, 0.3) is 11.1 Å². The summed E-state index contributed by atoms with van der Waals surface area (Å²) in [6.07, 6.45) is 1.04. The lowest BCUT2D eigenvalue weighted by molar-refractivity contribution is 0.0806. The number of allylic oxidation sites excluding steroid dienone is 1. The second-order valence-electron chi connectivity index (χ2n) is 9.03. The fraction of sp³-hybridized carbons (Fsp3) is 0.310. The Labute approximate surface area is 196 Å². The molecule has 1 saturated heterocycles. The van der Waals surface area contributed by atoms with Gasteiger partial charge in [0, 0.05) is 30.8 Å². The minimum atomic E-state index is -0.231. The summed E-state index contributed by atoms with van der Waals surface area (Å²) in [5.41, 5.74) is 5.36. The van der Waals surface area contributed by atoms with E-state index in [1.165, 1.54) is 19.5 Å². The maximum Gasteiger partial charge on any atom is 0.150 e. The van der Waals surface area contributed by atoms with Crippen LogP contribution in [0.3, 0.4) is 0 Å². The largest absolute Gasteiger partial charge is 0.508 e. The number of ether oxygens (including phenoxy) is 2. The van der Waals surface area contributed by atoms with E-state index in [9.17, 15) is 5.11 Å². The lowest BCUT2D eigenvalue weighted by Gasteiger charge is -2.38. The molecule has 4 heteroatoms. The van der Waals surface area contributed by atoms with Crippen molar-refractivity contribution in [1.29, 1.82) is 0 Å². The molecule has 2 aliphatic heterocycles. The highest BCUT2D eigenvalue weighted by Crippen LogP contribution is 2.47. The van der Waals surface area contributed by atoms with Gasteiger partial charge in [-0.2, -0.15) is 0 Å². The molecule has 1 fully saturated rings. The highest BCUT2D eigenvalue weighted by atomic mass is 16.5. The molecule has 0 radical (unpaired) electrons. The van der Waals surface area contributed by atoms with Crippen LogP contribution in [-0.4, -0.2) is 36.2 Å². The van der Waals surface area contributed by atoms with E-state index in [-0.39, 0.29) is 11.9 Å². The number of hydrogen-bond acceptors (Lipinski definition) is 4. The van der Waals surface area contributed by atoms with Gasteiger partial charge in [0.25, 0.3) is 0 Å². The second kappa shape index (κ2) is 9.32. The topological polar surface area (TPSA) is 41.9 Å². The number of rotatable bonds is 7. The summed E-state index contributed by atoms with van der Waals surface area (Å²) in [4.78, 5) is 2.45.